The Morgan fingerprint density at radius 1 is 1.03 bits per heavy atom. The van der Waals surface area contributed by atoms with Crippen molar-refractivity contribution in [2.75, 3.05) is 0 Å². The highest BCUT2D eigenvalue weighted by Crippen LogP contribution is 2.13. The second kappa shape index (κ2) is 7.81. The van der Waals surface area contributed by atoms with Gasteiger partial charge in [-0.1, -0.05) is 59.4 Å². The van der Waals surface area contributed by atoms with E-state index in [1.165, 1.54) is 28.3 Å². The van der Waals surface area contributed by atoms with Crippen LogP contribution in [0.25, 0.3) is 23.2 Å². The molecule has 0 aliphatic heterocycles. The maximum absolute atomic E-state index is 12.6. The lowest BCUT2D eigenvalue weighted by Crippen LogP contribution is -2.23. The number of ether oxygens (including phenoxy) is 1. The molecule has 0 spiro atoms. The van der Waals surface area contributed by atoms with Crippen molar-refractivity contribution in [3.8, 4) is 5.75 Å². The molecule has 29 heavy (non-hydrogen) atoms. The summed E-state index contributed by atoms with van der Waals surface area (Å²) < 4.78 is 6.86. The molecule has 7 heteroatoms. The molecular formula is C22H17N3O3S. The number of hydrogen-bond donors (Lipinski definition) is 0. The molecule has 6 nitrogen and oxygen atoms in total. The summed E-state index contributed by atoms with van der Waals surface area (Å²) in [6.45, 7) is 3.39. The third kappa shape index (κ3) is 4.30. The average Bonchev–Trinajstić information content (AvgIpc) is 3.22. The van der Waals surface area contributed by atoms with Crippen molar-refractivity contribution in [1.82, 2.24) is 14.6 Å². The van der Waals surface area contributed by atoms with Gasteiger partial charge in [0.2, 0.25) is 4.96 Å². The van der Waals surface area contributed by atoms with Crippen molar-refractivity contribution in [2.45, 2.75) is 13.8 Å². The van der Waals surface area contributed by atoms with E-state index < -0.39 is 0 Å². The monoisotopic (exact) mass is 403 g/mol. The van der Waals surface area contributed by atoms with Crippen LogP contribution >= 0.6 is 11.3 Å². The lowest BCUT2D eigenvalue weighted by molar-refractivity contribution is -0.131. The second-order valence-electron chi connectivity index (χ2n) is 6.49. The number of benzene rings is 2. The van der Waals surface area contributed by atoms with Gasteiger partial charge in [-0.25, -0.2) is 0 Å². The number of carbonyl (C=O) groups is 1. The standard InChI is InChI=1S/C22H17N3O3S/c1-14-3-5-16(6-4-14)9-12-20-23-22-25(24-20)21(27)19(29-22)13-17-7-10-18(11-8-17)28-15(2)26/h3-13H,1-2H3/b12-9+,19-13-. The molecule has 4 rings (SSSR count). The number of thiazole rings is 1. The van der Waals surface area contributed by atoms with Gasteiger partial charge in [0.15, 0.2) is 5.82 Å². The first kappa shape index (κ1) is 18.8. The number of nitrogens with zero attached hydrogens (tertiary/aromatic N) is 3. The summed E-state index contributed by atoms with van der Waals surface area (Å²) in [6, 6.07) is 15.0. The zero-order valence-corrected chi connectivity index (χ0v) is 16.6. The van der Waals surface area contributed by atoms with Gasteiger partial charge in [0.25, 0.3) is 5.56 Å². The Balaban J connectivity index is 1.59. The molecule has 0 saturated heterocycles. The minimum Gasteiger partial charge on any atom is -0.427 e. The predicted octanol–water partition coefficient (Wildman–Crippen LogP) is 3.10. The van der Waals surface area contributed by atoms with Gasteiger partial charge in [0.05, 0.1) is 4.53 Å². The fourth-order valence-electron chi connectivity index (χ4n) is 2.72. The first-order chi connectivity index (χ1) is 14.0. The van der Waals surface area contributed by atoms with Gasteiger partial charge in [-0.3, -0.25) is 9.59 Å². The van der Waals surface area contributed by atoms with Crippen LogP contribution in [0.3, 0.4) is 0 Å². The van der Waals surface area contributed by atoms with Gasteiger partial charge in [-0.15, -0.1) is 5.10 Å². The zero-order chi connectivity index (χ0) is 20.4. The largest absolute Gasteiger partial charge is 0.427 e. The number of fused-ring (bicyclic) bond motifs is 1. The summed E-state index contributed by atoms with van der Waals surface area (Å²) in [7, 11) is 0. The molecule has 0 unspecified atom stereocenters. The first-order valence-electron chi connectivity index (χ1n) is 8.92. The number of rotatable bonds is 4. The lowest BCUT2D eigenvalue weighted by atomic mass is 10.1. The highest BCUT2D eigenvalue weighted by atomic mass is 32.1. The second-order valence-corrected chi connectivity index (χ2v) is 7.50. The molecule has 4 aromatic rings. The normalized spacial score (nSPS) is 12.1. The predicted molar refractivity (Wildman–Crippen MR) is 114 cm³/mol. The quantitative estimate of drug-likeness (QED) is 0.387. The van der Waals surface area contributed by atoms with E-state index in [9.17, 15) is 9.59 Å². The molecule has 2 aromatic carbocycles. The van der Waals surface area contributed by atoms with Gasteiger partial charge in [-0.2, -0.15) is 9.50 Å². The molecule has 0 amide bonds. The van der Waals surface area contributed by atoms with E-state index in [2.05, 4.69) is 10.1 Å². The summed E-state index contributed by atoms with van der Waals surface area (Å²) in [6.07, 6.45) is 5.48. The Kier molecular flexibility index (Phi) is 5.05. The van der Waals surface area contributed by atoms with E-state index in [-0.39, 0.29) is 11.5 Å². The fourth-order valence-corrected chi connectivity index (χ4v) is 3.63. The van der Waals surface area contributed by atoms with E-state index in [0.29, 0.717) is 21.1 Å². The van der Waals surface area contributed by atoms with E-state index >= 15 is 0 Å². The molecule has 0 N–H and O–H groups in total. The molecule has 0 aliphatic rings. The van der Waals surface area contributed by atoms with Gasteiger partial charge in [0.1, 0.15) is 5.75 Å². The Morgan fingerprint density at radius 2 is 1.72 bits per heavy atom. The van der Waals surface area contributed by atoms with E-state index in [4.69, 9.17) is 4.74 Å². The number of aromatic nitrogens is 3. The van der Waals surface area contributed by atoms with Crippen molar-refractivity contribution in [3.05, 3.63) is 85.9 Å². The zero-order valence-electron chi connectivity index (χ0n) is 15.8. The molecule has 0 saturated carbocycles. The fraction of sp³-hybridized carbons (Fsp3) is 0.0909. The van der Waals surface area contributed by atoms with Crippen LogP contribution < -0.4 is 14.8 Å². The van der Waals surface area contributed by atoms with Crippen molar-refractivity contribution in [2.24, 2.45) is 0 Å². The molecule has 0 fully saturated rings. The number of hydrogen-bond acceptors (Lipinski definition) is 6. The molecule has 0 aliphatic carbocycles. The molecule has 0 radical (unpaired) electrons. The minimum absolute atomic E-state index is 0.212. The average molecular weight is 403 g/mol. The van der Waals surface area contributed by atoms with Gasteiger partial charge < -0.3 is 4.74 Å². The van der Waals surface area contributed by atoms with Crippen LogP contribution in [-0.4, -0.2) is 20.6 Å². The summed E-state index contributed by atoms with van der Waals surface area (Å²) >= 11 is 1.28. The summed E-state index contributed by atoms with van der Waals surface area (Å²) in [5.41, 5.74) is 2.85. The Bertz CT molecular complexity index is 1320. The highest BCUT2D eigenvalue weighted by Gasteiger charge is 2.09. The minimum atomic E-state index is -0.374. The maximum Gasteiger partial charge on any atom is 0.308 e. The van der Waals surface area contributed by atoms with Crippen molar-refractivity contribution in [1.29, 1.82) is 0 Å². The van der Waals surface area contributed by atoms with Gasteiger partial charge in [-0.05, 0) is 42.3 Å². The number of esters is 1. The van der Waals surface area contributed by atoms with Crippen LogP contribution in [0.15, 0.2) is 53.3 Å². The highest BCUT2D eigenvalue weighted by molar-refractivity contribution is 7.15. The van der Waals surface area contributed by atoms with Crippen LogP contribution in [0.5, 0.6) is 5.75 Å². The SMILES string of the molecule is CC(=O)Oc1ccc(/C=c2\sc3nc(/C=C/c4ccc(C)cc4)nn3c2=O)cc1. The summed E-state index contributed by atoms with van der Waals surface area (Å²) in [4.78, 5) is 28.6. The van der Waals surface area contributed by atoms with Crippen LogP contribution in [0.1, 0.15) is 29.4 Å². The molecule has 0 atom stereocenters. The topological polar surface area (TPSA) is 73.6 Å². The van der Waals surface area contributed by atoms with Crippen molar-refractivity contribution >= 4 is 40.5 Å². The van der Waals surface area contributed by atoms with Crippen LogP contribution in [-0.2, 0) is 4.79 Å². The third-order valence-electron chi connectivity index (χ3n) is 4.14. The van der Waals surface area contributed by atoms with Crippen LogP contribution in [0.4, 0.5) is 0 Å². The Hall–Kier alpha value is -3.58. The smallest absolute Gasteiger partial charge is 0.308 e. The van der Waals surface area contributed by atoms with E-state index in [0.717, 1.165) is 11.1 Å². The van der Waals surface area contributed by atoms with Crippen LogP contribution in [0.2, 0.25) is 0 Å². The third-order valence-corrected chi connectivity index (χ3v) is 5.10. The summed E-state index contributed by atoms with van der Waals surface area (Å²) in [5, 5.41) is 4.29. The van der Waals surface area contributed by atoms with E-state index in [1.807, 2.05) is 37.3 Å². The molecular weight excluding hydrogens is 386 g/mol. The van der Waals surface area contributed by atoms with E-state index in [1.54, 1.807) is 36.4 Å². The maximum atomic E-state index is 12.6. The van der Waals surface area contributed by atoms with Crippen LogP contribution in [0, 0.1) is 6.92 Å². The molecule has 2 aromatic heterocycles. The molecule has 144 valence electrons. The number of aryl methyl sites for hydroxylation is 1. The lowest BCUT2D eigenvalue weighted by Gasteiger charge is -2.00. The van der Waals surface area contributed by atoms with Gasteiger partial charge >= 0.3 is 5.97 Å². The Morgan fingerprint density at radius 3 is 2.38 bits per heavy atom. The van der Waals surface area contributed by atoms with Crippen molar-refractivity contribution in [3.63, 3.8) is 0 Å². The van der Waals surface area contributed by atoms with Crippen molar-refractivity contribution < 1.29 is 9.53 Å². The summed E-state index contributed by atoms with van der Waals surface area (Å²) in [5.74, 6) is 0.581. The molecule has 2 heterocycles. The Labute approximate surface area is 170 Å². The molecule has 0 bridgehead atoms. The number of carbonyl (C=O) groups excluding carboxylic acids is 1. The van der Waals surface area contributed by atoms with Gasteiger partial charge in [0, 0.05) is 6.92 Å². The first-order valence-corrected chi connectivity index (χ1v) is 9.74.